The van der Waals surface area contributed by atoms with Gasteiger partial charge in [0.05, 0.1) is 0 Å². The van der Waals surface area contributed by atoms with Crippen molar-refractivity contribution in [3.8, 4) is 0 Å². The summed E-state index contributed by atoms with van der Waals surface area (Å²) in [6.07, 6.45) is 2.30. The fourth-order valence-electron chi connectivity index (χ4n) is 2.61. The Morgan fingerprint density at radius 3 is 2.94 bits per heavy atom. The fourth-order valence-corrected chi connectivity index (χ4v) is 2.61. The predicted molar refractivity (Wildman–Crippen MR) is 73.1 cm³/mol. The minimum Gasteiger partial charge on any atom is -0.327 e. The molecule has 2 atom stereocenters. The monoisotopic (exact) mass is 232 g/mol. The number of hydrogen-bond acceptors (Lipinski definition) is 2. The first-order chi connectivity index (χ1) is 8.15. The predicted octanol–water partition coefficient (Wildman–Crippen LogP) is 2.21. The van der Waals surface area contributed by atoms with E-state index in [0.717, 1.165) is 25.9 Å². The molecule has 1 heterocycles. The number of benzene rings is 1. The van der Waals surface area contributed by atoms with Crippen molar-refractivity contribution in [2.24, 2.45) is 11.7 Å². The summed E-state index contributed by atoms with van der Waals surface area (Å²) in [4.78, 5) is 2.55. The quantitative estimate of drug-likeness (QED) is 0.865. The third-order valence-electron chi connectivity index (χ3n) is 3.85. The van der Waals surface area contributed by atoms with E-state index >= 15 is 0 Å². The van der Waals surface area contributed by atoms with Crippen LogP contribution in [0.25, 0.3) is 0 Å². The fraction of sp³-hybridized carbons (Fsp3) is 0.600. The average Bonchev–Trinajstić information content (AvgIpc) is 2.31. The van der Waals surface area contributed by atoms with Crippen molar-refractivity contribution < 1.29 is 0 Å². The molecule has 1 aromatic carbocycles. The molecule has 1 aromatic rings. The molecule has 1 aliphatic heterocycles. The highest BCUT2D eigenvalue weighted by Gasteiger charge is 2.22. The van der Waals surface area contributed by atoms with E-state index in [0.29, 0.717) is 12.0 Å². The van der Waals surface area contributed by atoms with Crippen molar-refractivity contribution in [3.05, 3.63) is 35.4 Å². The van der Waals surface area contributed by atoms with Gasteiger partial charge in [-0.2, -0.15) is 0 Å². The van der Waals surface area contributed by atoms with Gasteiger partial charge >= 0.3 is 0 Å². The second kappa shape index (κ2) is 5.65. The molecule has 1 saturated heterocycles. The summed E-state index contributed by atoms with van der Waals surface area (Å²) in [5, 5.41) is 0. The lowest BCUT2D eigenvalue weighted by Gasteiger charge is -2.35. The third-order valence-corrected chi connectivity index (χ3v) is 3.85. The van der Waals surface area contributed by atoms with Crippen LogP contribution in [-0.2, 0) is 6.42 Å². The van der Waals surface area contributed by atoms with E-state index in [2.05, 4.69) is 43.0 Å². The first kappa shape index (κ1) is 12.6. The van der Waals surface area contributed by atoms with E-state index in [-0.39, 0.29) is 0 Å². The SMILES string of the molecule is Cc1cccc(CCN2CCC(N)C(C)C2)c1. The second-order valence-corrected chi connectivity index (χ2v) is 5.47. The van der Waals surface area contributed by atoms with Crippen molar-refractivity contribution >= 4 is 0 Å². The van der Waals surface area contributed by atoms with Gasteiger partial charge < -0.3 is 10.6 Å². The molecule has 0 amide bonds. The van der Waals surface area contributed by atoms with Crippen molar-refractivity contribution in [2.45, 2.75) is 32.7 Å². The van der Waals surface area contributed by atoms with Gasteiger partial charge in [-0.1, -0.05) is 36.8 Å². The Morgan fingerprint density at radius 2 is 2.24 bits per heavy atom. The van der Waals surface area contributed by atoms with Crippen LogP contribution in [0.5, 0.6) is 0 Å². The first-order valence-corrected chi connectivity index (χ1v) is 6.68. The van der Waals surface area contributed by atoms with Crippen LogP contribution in [0.1, 0.15) is 24.5 Å². The molecular weight excluding hydrogens is 208 g/mol. The van der Waals surface area contributed by atoms with Crippen LogP contribution in [0.15, 0.2) is 24.3 Å². The lowest BCUT2D eigenvalue weighted by Crippen LogP contribution is -2.46. The Balaban J connectivity index is 1.82. The van der Waals surface area contributed by atoms with Gasteiger partial charge in [0.25, 0.3) is 0 Å². The van der Waals surface area contributed by atoms with Gasteiger partial charge in [-0.05, 0) is 37.8 Å². The number of likely N-dealkylation sites (tertiary alicyclic amines) is 1. The Morgan fingerprint density at radius 1 is 1.41 bits per heavy atom. The first-order valence-electron chi connectivity index (χ1n) is 6.68. The zero-order valence-electron chi connectivity index (χ0n) is 11.0. The van der Waals surface area contributed by atoms with E-state index in [1.54, 1.807) is 0 Å². The Kier molecular flexibility index (Phi) is 4.19. The summed E-state index contributed by atoms with van der Waals surface area (Å²) in [5.41, 5.74) is 8.85. The van der Waals surface area contributed by atoms with Crippen molar-refractivity contribution in [1.82, 2.24) is 4.90 Å². The minimum atomic E-state index is 0.408. The molecule has 0 spiro atoms. The summed E-state index contributed by atoms with van der Waals surface area (Å²) < 4.78 is 0. The van der Waals surface area contributed by atoms with E-state index < -0.39 is 0 Å². The molecule has 0 radical (unpaired) electrons. The zero-order valence-corrected chi connectivity index (χ0v) is 11.0. The molecule has 17 heavy (non-hydrogen) atoms. The van der Waals surface area contributed by atoms with E-state index in [9.17, 15) is 0 Å². The minimum absolute atomic E-state index is 0.408. The molecule has 2 N–H and O–H groups in total. The number of aryl methyl sites for hydroxylation is 1. The smallest absolute Gasteiger partial charge is 0.00889 e. The zero-order chi connectivity index (χ0) is 12.3. The summed E-state index contributed by atoms with van der Waals surface area (Å²) in [5.74, 6) is 0.640. The molecule has 0 bridgehead atoms. The molecule has 94 valence electrons. The van der Waals surface area contributed by atoms with Gasteiger partial charge in [0.1, 0.15) is 0 Å². The van der Waals surface area contributed by atoms with Crippen LogP contribution in [0.2, 0.25) is 0 Å². The highest BCUT2D eigenvalue weighted by Crippen LogP contribution is 2.15. The number of piperidine rings is 1. The summed E-state index contributed by atoms with van der Waals surface area (Å²) >= 11 is 0. The molecule has 2 rings (SSSR count). The van der Waals surface area contributed by atoms with Crippen LogP contribution in [0.3, 0.4) is 0 Å². The van der Waals surface area contributed by atoms with Crippen molar-refractivity contribution in [3.63, 3.8) is 0 Å². The number of nitrogens with zero attached hydrogens (tertiary/aromatic N) is 1. The molecule has 0 aliphatic carbocycles. The molecule has 2 nitrogen and oxygen atoms in total. The lowest BCUT2D eigenvalue weighted by molar-refractivity contribution is 0.166. The van der Waals surface area contributed by atoms with E-state index in [1.165, 1.54) is 17.7 Å². The van der Waals surface area contributed by atoms with E-state index in [4.69, 9.17) is 5.73 Å². The van der Waals surface area contributed by atoms with Gasteiger partial charge in [0.15, 0.2) is 0 Å². The van der Waals surface area contributed by atoms with Crippen molar-refractivity contribution in [2.75, 3.05) is 19.6 Å². The third kappa shape index (κ3) is 3.55. The Labute approximate surface area is 105 Å². The molecule has 0 aromatic heterocycles. The van der Waals surface area contributed by atoms with Gasteiger partial charge in [-0.15, -0.1) is 0 Å². The van der Waals surface area contributed by atoms with Crippen LogP contribution < -0.4 is 5.73 Å². The second-order valence-electron chi connectivity index (χ2n) is 5.47. The number of rotatable bonds is 3. The Bertz CT molecular complexity index is 362. The van der Waals surface area contributed by atoms with Crippen LogP contribution >= 0.6 is 0 Å². The molecule has 2 unspecified atom stereocenters. The van der Waals surface area contributed by atoms with Crippen LogP contribution in [0.4, 0.5) is 0 Å². The average molecular weight is 232 g/mol. The topological polar surface area (TPSA) is 29.3 Å². The van der Waals surface area contributed by atoms with Crippen LogP contribution in [-0.4, -0.2) is 30.6 Å². The highest BCUT2D eigenvalue weighted by atomic mass is 15.1. The standard InChI is InChI=1S/C15H24N2/c1-12-4-3-5-14(10-12)6-8-17-9-7-15(16)13(2)11-17/h3-5,10,13,15H,6-9,11,16H2,1-2H3. The molecule has 1 fully saturated rings. The maximum absolute atomic E-state index is 6.04. The summed E-state index contributed by atoms with van der Waals surface area (Å²) in [7, 11) is 0. The summed E-state index contributed by atoms with van der Waals surface area (Å²) in [6, 6.07) is 9.24. The van der Waals surface area contributed by atoms with Crippen LogP contribution in [0, 0.1) is 12.8 Å². The highest BCUT2D eigenvalue weighted by molar-refractivity contribution is 5.22. The lowest BCUT2D eigenvalue weighted by atomic mass is 9.94. The van der Waals surface area contributed by atoms with Gasteiger partial charge in [-0.25, -0.2) is 0 Å². The molecule has 0 saturated carbocycles. The molecule has 2 heteroatoms. The molecular formula is C15H24N2. The van der Waals surface area contributed by atoms with Crippen molar-refractivity contribution in [1.29, 1.82) is 0 Å². The van der Waals surface area contributed by atoms with Gasteiger partial charge in [0, 0.05) is 19.1 Å². The maximum Gasteiger partial charge on any atom is 0.00889 e. The normalized spacial score (nSPS) is 26.1. The number of nitrogens with two attached hydrogens (primary N) is 1. The summed E-state index contributed by atoms with van der Waals surface area (Å²) in [6.45, 7) is 7.92. The largest absolute Gasteiger partial charge is 0.327 e. The number of hydrogen-bond donors (Lipinski definition) is 1. The molecule has 1 aliphatic rings. The van der Waals surface area contributed by atoms with E-state index in [1.807, 2.05) is 0 Å². The maximum atomic E-state index is 6.04. The van der Waals surface area contributed by atoms with Gasteiger partial charge in [0.2, 0.25) is 0 Å². The Hall–Kier alpha value is -0.860. The van der Waals surface area contributed by atoms with Gasteiger partial charge in [-0.3, -0.25) is 0 Å².